The molecule has 1 saturated carbocycles. The molecule has 0 amide bonds. The Morgan fingerprint density at radius 2 is 1.89 bits per heavy atom. The SMILES string of the molecule is Cc1nc(NCC(F)(F)F)nc(NC2CC(CNCCO)C3OC(C)(C)OC23)c1-c1nc2ccccc2s1. The summed E-state index contributed by atoms with van der Waals surface area (Å²) in [6.07, 6.45) is -4.22. The number of nitrogens with one attached hydrogen (secondary N) is 3. The number of rotatable bonds is 9. The van der Waals surface area contributed by atoms with Gasteiger partial charge >= 0.3 is 6.18 Å². The first-order valence-corrected chi connectivity index (χ1v) is 13.3. The van der Waals surface area contributed by atoms with E-state index in [9.17, 15) is 13.2 Å². The van der Waals surface area contributed by atoms with Gasteiger partial charge in [-0.3, -0.25) is 0 Å². The van der Waals surface area contributed by atoms with Gasteiger partial charge in [0.25, 0.3) is 0 Å². The minimum atomic E-state index is -4.41. The van der Waals surface area contributed by atoms with Gasteiger partial charge in [0.1, 0.15) is 23.5 Å². The predicted octanol–water partition coefficient (Wildman–Crippen LogP) is 3.94. The summed E-state index contributed by atoms with van der Waals surface area (Å²) in [6, 6.07) is 7.49. The Labute approximate surface area is 222 Å². The number of ether oxygens (including phenoxy) is 2. The molecule has 0 radical (unpaired) electrons. The number of fused-ring (bicyclic) bond motifs is 2. The normalized spacial score (nSPS) is 24.6. The number of para-hydroxylation sites is 1. The van der Waals surface area contributed by atoms with Gasteiger partial charge in [-0.25, -0.2) is 9.97 Å². The first kappa shape index (κ1) is 27.0. The van der Waals surface area contributed by atoms with Gasteiger partial charge in [-0.2, -0.15) is 18.2 Å². The molecule has 3 heterocycles. The monoisotopic (exact) mass is 552 g/mol. The highest BCUT2D eigenvalue weighted by atomic mass is 32.1. The van der Waals surface area contributed by atoms with Crippen LogP contribution in [0.15, 0.2) is 24.3 Å². The predicted molar refractivity (Wildman–Crippen MR) is 139 cm³/mol. The molecule has 3 aromatic rings. The fourth-order valence-electron chi connectivity index (χ4n) is 5.14. The maximum absolute atomic E-state index is 12.9. The van der Waals surface area contributed by atoms with Gasteiger partial charge < -0.3 is 30.5 Å². The van der Waals surface area contributed by atoms with E-state index in [-0.39, 0.29) is 36.7 Å². The van der Waals surface area contributed by atoms with Gasteiger partial charge in [0, 0.05) is 19.0 Å². The third-order valence-electron chi connectivity index (χ3n) is 6.64. The van der Waals surface area contributed by atoms with Gasteiger partial charge in [0.2, 0.25) is 5.95 Å². The summed E-state index contributed by atoms with van der Waals surface area (Å²) in [4.78, 5) is 13.6. The minimum Gasteiger partial charge on any atom is -0.395 e. The van der Waals surface area contributed by atoms with Gasteiger partial charge in [-0.1, -0.05) is 12.1 Å². The molecule has 1 aromatic carbocycles. The van der Waals surface area contributed by atoms with Gasteiger partial charge in [-0.05, 0) is 39.3 Å². The third kappa shape index (κ3) is 5.86. The second kappa shape index (κ2) is 10.5. The standard InChI is InChI=1S/C25H31F3N6O3S/c1-13-18(22-33-15-6-4-5-7-17(15)38-22)21(34-23(31-13)30-12-25(26,27)28)32-16-10-14(11-29-8-9-35)19-20(16)37-24(2,3)36-19/h4-7,14,16,19-20,29,35H,8-12H2,1-3H3,(H2,30,31,32,34). The Kier molecular flexibility index (Phi) is 7.48. The van der Waals surface area contributed by atoms with Crippen LogP contribution in [0.1, 0.15) is 26.0 Å². The van der Waals surface area contributed by atoms with Crippen molar-refractivity contribution in [3.63, 3.8) is 0 Å². The van der Waals surface area contributed by atoms with Crippen LogP contribution < -0.4 is 16.0 Å². The van der Waals surface area contributed by atoms with Crippen LogP contribution in [0, 0.1) is 12.8 Å². The Morgan fingerprint density at radius 3 is 2.63 bits per heavy atom. The third-order valence-corrected chi connectivity index (χ3v) is 7.70. The first-order valence-electron chi connectivity index (χ1n) is 12.5. The molecule has 2 aliphatic rings. The first-order chi connectivity index (χ1) is 18.0. The molecule has 2 fully saturated rings. The number of anilines is 2. The van der Waals surface area contributed by atoms with Gasteiger partial charge in [0.15, 0.2) is 5.79 Å². The molecule has 4 atom stereocenters. The maximum Gasteiger partial charge on any atom is 0.405 e. The van der Waals surface area contributed by atoms with E-state index in [1.165, 1.54) is 11.3 Å². The Morgan fingerprint density at radius 1 is 1.13 bits per heavy atom. The molecule has 1 aliphatic heterocycles. The Hall–Kier alpha value is -2.58. The number of aryl methyl sites for hydroxylation is 1. The van der Waals surface area contributed by atoms with E-state index in [0.717, 1.165) is 10.2 Å². The van der Waals surface area contributed by atoms with Crippen molar-refractivity contribution >= 4 is 33.3 Å². The molecular weight excluding hydrogens is 521 g/mol. The van der Waals surface area contributed by atoms with E-state index in [1.807, 2.05) is 38.1 Å². The average molecular weight is 553 g/mol. The molecule has 5 rings (SSSR count). The summed E-state index contributed by atoms with van der Waals surface area (Å²) in [7, 11) is 0. The van der Waals surface area contributed by atoms with Crippen molar-refractivity contribution in [3.05, 3.63) is 30.0 Å². The topological polar surface area (TPSA) is 113 Å². The molecule has 206 valence electrons. The number of hydrogen-bond donors (Lipinski definition) is 4. The van der Waals surface area contributed by atoms with Crippen molar-refractivity contribution in [1.29, 1.82) is 0 Å². The van der Waals surface area contributed by atoms with Crippen molar-refractivity contribution in [2.45, 2.75) is 57.4 Å². The molecule has 1 saturated heterocycles. The highest BCUT2D eigenvalue weighted by molar-refractivity contribution is 7.21. The lowest BCUT2D eigenvalue weighted by atomic mass is 10.1. The number of benzene rings is 1. The summed E-state index contributed by atoms with van der Waals surface area (Å²) < 4.78 is 52.2. The zero-order chi connectivity index (χ0) is 27.1. The fourth-order valence-corrected chi connectivity index (χ4v) is 6.20. The number of aliphatic hydroxyl groups is 1. The van der Waals surface area contributed by atoms with Crippen LogP contribution in [0.2, 0.25) is 0 Å². The summed E-state index contributed by atoms with van der Waals surface area (Å²) in [5.74, 6) is -0.404. The maximum atomic E-state index is 12.9. The fraction of sp³-hybridized carbons (Fsp3) is 0.560. The van der Waals surface area contributed by atoms with E-state index < -0.39 is 18.5 Å². The highest BCUT2D eigenvalue weighted by Crippen LogP contribution is 2.44. The molecule has 9 nitrogen and oxygen atoms in total. The number of aliphatic hydroxyl groups excluding tert-OH is 1. The van der Waals surface area contributed by atoms with Crippen molar-refractivity contribution in [3.8, 4) is 10.6 Å². The van der Waals surface area contributed by atoms with E-state index in [0.29, 0.717) is 41.6 Å². The van der Waals surface area contributed by atoms with Crippen molar-refractivity contribution in [2.24, 2.45) is 5.92 Å². The van der Waals surface area contributed by atoms with E-state index >= 15 is 0 Å². The Bertz CT molecular complexity index is 1250. The summed E-state index contributed by atoms with van der Waals surface area (Å²) in [5, 5.41) is 18.9. The van der Waals surface area contributed by atoms with Crippen molar-refractivity contribution in [1.82, 2.24) is 20.3 Å². The second-order valence-electron chi connectivity index (χ2n) is 10.1. The lowest BCUT2D eigenvalue weighted by molar-refractivity contribution is -0.156. The molecule has 2 aromatic heterocycles. The van der Waals surface area contributed by atoms with Crippen LogP contribution in [0.25, 0.3) is 20.8 Å². The summed E-state index contributed by atoms with van der Waals surface area (Å²) in [6.45, 7) is 5.35. The van der Waals surface area contributed by atoms with Gasteiger partial charge in [0.05, 0.1) is 40.2 Å². The number of hydrogen-bond acceptors (Lipinski definition) is 10. The minimum absolute atomic E-state index is 0.0325. The molecule has 38 heavy (non-hydrogen) atoms. The van der Waals surface area contributed by atoms with E-state index in [2.05, 4.69) is 25.9 Å². The van der Waals surface area contributed by atoms with Crippen molar-refractivity contribution < 1.29 is 27.8 Å². The molecule has 0 spiro atoms. The quantitative estimate of drug-likeness (QED) is 0.293. The zero-order valence-corrected chi connectivity index (χ0v) is 22.1. The number of thiazole rings is 1. The molecule has 4 N–H and O–H groups in total. The molecule has 1 aliphatic carbocycles. The summed E-state index contributed by atoms with van der Waals surface area (Å²) in [5.41, 5.74) is 1.97. The Balaban J connectivity index is 1.50. The number of nitrogens with zero attached hydrogens (tertiary/aromatic N) is 3. The smallest absolute Gasteiger partial charge is 0.395 e. The lowest BCUT2D eigenvalue weighted by Gasteiger charge is -2.25. The van der Waals surface area contributed by atoms with Crippen molar-refractivity contribution in [2.75, 3.05) is 36.9 Å². The average Bonchev–Trinajstić information content (AvgIpc) is 3.49. The lowest BCUT2D eigenvalue weighted by Crippen LogP contribution is -2.35. The summed E-state index contributed by atoms with van der Waals surface area (Å²) >= 11 is 1.47. The number of aromatic nitrogens is 3. The second-order valence-corrected chi connectivity index (χ2v) is 11.1. The number of alkyl halides is 3. The molecular formula is C25H31F3N6O3S. The molecule has 4 unspecified atom stereocenters. The van der Waals surface area contributed by atoms with Crippen LogP contribution in [0.5, 0.6) is 0 Å². The van der Waals surface area contributed by atoms with Crippen LogP contribution in [-0.4, -0.2) is 76.5 Å². The highest BCUT2D eigenvalue weighted by Gasteiger charge is 2.54. The zero-order valence-electron chi connectivity index (χ0n) is 21.3. The number of halogens is 3. The van der Waals surface area contributed by atoms with Gasteiger partial charge in [-0.15, -0.1) is 11.3 Å². The molecule has 0 bridgehead atoms. The van der Waals surface area contributed by atoms with Crippen LogP contribution >= 0.6 is 11.3 Å². The van der Waals surface area contributed by atoms with E-state index in [1.54, 1.807) is 6.92 Å². The van der Waals surface area contributed by atoms with Crippen LogP contribution in [0.3, 0.4) is 0 Å². The van der Waals surface area contributed by atoms with E-state index in [4.69, 9.17) is 19.6 Å². The van der Waals surface area contributed by atoms with Crippen LogP contribution in [0.4, 0.5) is 24.9 Å². The van der Waals surface area contributed by atoms with Crippen LogP contribution in [-0.2, 0) is 9.47 Å². The largest absolute Gasteiger partial charge is 0.405 e. The molecule has 13 heteroatoms.